The van der Waals surface area contributed by atoms with Crippen LogP contribution in [0.3, 0.4) is 0 Å². The molecule has 0 aromatic heterocycles. The number of aliphatic hydroxyl groups excluding tert-OH is 3. The minimum Gasteiger partial charge on any atom is -0.394 e. The van der Waals surface area contributed by atoms with Gasteiger partial charge in [-0.2, -0.15) is 0 Å². The van der Waals surface area contributed by atoms with Crippen LogP contribution in [0.2, 0.25) is 0 Å². The summed E-state index contributed by atoms with van der Waals surface area (Å²) < 4.78 is 0. The molecule has 0 aliphatic rings. The molecular weight excluding hydrogens is 486 g/mol. The number of amides is 1. The van der Waals surface area contributed by atoms with E-state index in [2.05, 4.69) is 31.3 Å². The van der Waals surface area contributed by atoms with Gasteiger partial charge in [0.05, 0.1) is 18.8 Å². The summed E-state index contributed by atoms with van der Waals surface area (Å²) in [4.78, 5) is 12.3. The zero-order valence-electron chi connectivity index (χ0n) is 26.0. The maximum absolute atomic E-state index is 12.3. The van der Waals surface area contributed by atoms with E-state index in [4.69, 9.17) is 0 Å². The van der Waals surface area contributed by atoms with E-state index in [0.717, 1.165) is 38.5 Å². The summed E-state index contributed by atoms with van der Waals surface area (Å²) in [5, 5.41) is 33.2. The lowest BCUT2D eigenvalue weighted by Gasteiger charge is -2.26. The van der Waals surface area contributed by atoms with Crippen LogP contribution in [0.25, 0.3) is 0 Å². The first-order valence-corrected chi connectivity index (χ1v) is 17.0. The molecule has 3 atom stereocenters. The number of rotatable bonds is 30. The van der Waals surface area contributed by atoms with Crippen molar-refractivity contribution in [3.8, 4) is 0 Å². The van der Waals surface area contributed by atoms with Crippen LogP contribution in [0.5, 0.6) is 0 Å². The number of aliphatic hydroxyl groups is 3. The highest BCUT2D eigenvalue weighted by atomic mass is 16.3. The molecule has 0 radical (unpaired) electrons. The molecule has 0 fully saturated rings. The Labute approximate surface area is 242 Å². The molecule has 0 saturated heterocycles. The molecule has 39 heavy (non-hydrogen) atoms. The molecule has 0 rings (SSSR count). The number of hydrogen-bond donors (Lipinski definition) is 4. The highest BCUT2D eigenvalue weighted by molar-refractivity contribution is 5.76. The lowest BCUT2D eigenvalue weighted by Crippen LogP contribution is -2.50. The first-order chi connectivity index (χ1) is 19.1. The molecule has 0 aromatic carbocycles. The standard InChI is InChI=1S/C34H67NO4/c1-3-5-7-9-11-13-15-16-17-18-19-21-23-25-27-29-33(38)35-31(30-36)34(39)32(37)28-26-24-22-20-14-12-10-8-6-4-2/h13,15,31-32,34,36-37,39H,3-12,14,16-30H2,1-2H3,(H,35,38)/b15-13-. The average molecular weight is 554 g/mol. The van der Waals surface area contributed by atoms with Gasteiger partial charge in [0.15, 0.2) is 0 Å². The first kappa shape index (κ1) is 38.1. The van der Waals surface area contributed by atoms with Crippen molar-refractivity contribution in [2.24, 2.45) is 0 Å². The van der Waals surface area contributed by atoms with Crippen LogP contribution in [0, 0.1) is 0 Å². The summed E-state index contributed by atoms with van der Waals surface area (Å²) in [6.07, 6.45) is 31.5. The molecule has 232 valence electrons. The van der Waals surface area contributed by atoms with E-state index in [-0.39, 0.29) is 12.5 Å². The summed E-state index contributed by atoms with van der Waals surface area (Å²) in [5.74, 6) is -0.152. The van der Waals surface area contributed by atoms with Gasteiger partial charge in [0, 0.05) is 6.42 Å². The lowest BCUT2D eigenvalue weighted by atomic mass is 9.99. The largest absolute Gasteiger partial charge is 0.394 e. The molecule has 1 amide bonds. The molecule has 5 heteroatoms. The molecule has 4 N–H and O–H groups in total. The molecule has 5 nitrogen and oxygen atoms in total. The predicted molar refractivity (Wildman–Crippen MR) is 167 cm³/mol. The molecule has 0 heterocycles. The van der Waals surface area contributed by atoms with E-state index in [1.807, 2.05) is 0 Å². The van der Waals surface area contributed by atoms with E-state index in [1.54, 1.807) is 0 Å². The molecule has 3 unspecified atom stereocenters. The monoisotopic (exact) mass is 554 g/mol. The van der Waals surface area contributed by atoms with Crippen molar-refractivity contribution in [1.82, 2.24) is 5.32 Å². The van der Waals surface area contributed by atoms with Gasteiger partial charge in [-0.1, -0.05) is 142 Å². The van der Waals surface area contributed by atoms with Gasteiger partial charge < -0.3 is 20.6 Å². The summed E-state index contributed by atoms with van der Waals surface area (Å²) >= 11 is 0. The maximum atomic E-state index is 12.3. The van der Waals surface area contributed by atoms with Crippen molar-refractivity contribution in [1.29, 1.82) is 0 Å². The lowest BCUT2D eigenvalue weighted by molar-refractivity contribution is -0.124. The van der Waals surface area contributed by atoms with Crippen LogP contribution < -0.4 is 5.32 Å². The molecule has 0 aromatic rings. The average Bonchev–Trinajstić information content (AvgIpc) is 2.94. The van der Waals surface area contributed by atoms with Gasteiger partial charge >= 0.3 is 0 Å². The van der Waals surface area contributed by atoms with Crippen molar-refractivity contribution in [3.05, 3.63) is 12.2 Å². The Morgan fingerprint density at radius 1 is 0.615 bits per heavy atom. The van der Waals surface area contributed by atoms with Crippen LogP contribution in [0.15, 0.2) is 12.2 Å². The van der Waals surface area contributed by atoms with Gasteiger partial charge in [-0.25, -0.2) is 0 Å². The van der Waals surface area contributed by atoms with Crippen molar-refractivity contribution in [3.63, 3.8) is 0 Å². The smallest absolute Gasteiger partial charge is 0.220 e. The van der Waals surface area contributed by atoms with E-state index in [0.29, 0.717) is 12.8 Å². The Balaban J connectivity index is 3.71. The number of hydrogen-bond acceptors (Lipinski definition) is 4. The Kier molecular flexibility index (Phi) is 29.4. The third-order valence-corrected chi connectivity index (χ3v) is 7.87. The normalized spacial score (nSPS) is 14.1. The molecular formula is C34H67NO4. The van der Waals surface area contributed by atoms with E-state index in [1.165, 1.54) is 109 Å². The number of carbonyl (C=O) groups is 1. The summed E-state index contributed by atoms with van der Waals surface area (Å²) in [7, 11) is 0. The first-order valence-electron chi connectivity index (χ1n) is 17.0. The fourth-order valence-electron chi connectivity index (χ4n) is 5.15. The molecule has 0 aliphatic heterocycles. The Hall–Kier alpha value is -0.910. The Morgan fingerprint density at radius 2 is 1.03 bits per heavy atom. The van der Waals surface area contributed by atoms with Crippen molar-refractivity contribution < 1.29 is 20.1 Å². The van der Waals surface area contributed by atoms with Crippen molar-refractivity contribution in [2.45, 2.75) is 193 Å². The summed E-state index contributed by atoms with van der Waals surface area (Å²) in [6, 6.07) is -0.805. The van der Waals surface area contributed by atoms with Crippen molar-refractivity contribution >= 4 is 5.91 Å². The van der Waals surface area contributed by atoms with Crippen LogP contribution in [0.1, 0.15) is 174 Å². The fraction of sp³-hybridized carbons (Fsp3) is 0.912. The molecule has 0 aliphatic carbocycles. The second kappa shape index (κ2) is 30.1. The second-order valence-corrected chi connectivity index (χ2v) is 11.7. The summed E-state index contributed by atoms with van der Waals surface area (Å²) in [5.41, 5.74) is 0. The zero-order valence-corrected chi connectivity index (χ0v) is 26.0. The van der Waals surface area contributed by atoms with Gasteiger partial charge in [-0.3, -0.25) is 4.79 Å². The Morgan fingerprint density at radius 3 is 1.51 bits per heavy atom. The summed E-state index contributed by atoms with van der Waals surface area (Å²) in [6.45, 7) is 4.12. The number of carbonyl (C=O) groups excluding carboxylic acids is 1. The molecule has 0 saturated carbocycles. The molecule has 0 bridgehead atoms. The van der Waals surface area contributed by atoms with Gasteiger partial charge in [0.1, 0.15) is 6.10 Å². The third-order valence-electron chi connectivity index (χ3n) is 7.87. The van der Waals surface area contributed by atoms with Gasteiger partial charge in [0.2, 0.25) is 5.91 Å². The topological polar surface area (TPSA) is 89.8 Å². The number of allylic oxidation sites excluding steroid dienone is 2. The number of nitrogens with one attached hydrogen (secondary N) is 1. The van der Waals surface area contributed by atoms with Crippen LogP contribution >= 0.6 is 0 Å². The van der Waals surface area contributed by atoms with Gasteiger partial charge in [-0.05, 0) is 38.5 Å². The van der Waals surface area contributed by atoms with E-state index >= 15 is 0 Å². The van der Waals surface area contributed by atoms with Gasteiger partial charge in [-0.15, -0.1) is 0 Å². The van der Waals surface area contributed by atoms with E-state index in [9.17, 15) is 20.1 Å². The quantitative estimate of drug-likeness (QED) is 0.0530. The molecule has 0 spiro atoms. The highest BCUT2D eigenvalue weighted by Gasteiger charge is 2.26. The zero-order chi connectivity index (χ0) is 28.8. The van der Waals surface area contributed by atoms with Crippen LogP contribution in [-0.2, 0) is 4.79 Å². The van der Waals surface area contributed by atoms with Gasteiger partial charge in [0.25, 0.3) is 0 Å². The van der Waals surface area contributed by atoms with E-state index < -0.39 is 18.2 Å². The fourth-order valence-corrected chi connectivity index (χ4v) is 5.15. The number of unbranched alkanes of at least 4 members (excludes halogenated alkanes) is 20. The minimum atomic E-state index is -1.13. The Bertz CT molecular complexity index is 539. The maximum Gasteiger partial charge on any atom is 0.220 e. The minimum absolute atomic E-state index is 0.152. The van der Waals surface area contributed by atoms with Crippen molar-refractivity contribution in [2.75, 3.05) is 6.61 Å². The SMILES string of the molecule is CCCCCC/C=C\CCCCCCCCCC(=O)NC(CO)C(O)C(O)CCCCCCCCCCCC. The van der Waals surface area contributed by atoms with Crippen LogP contribution in [-0.4, -0.2) is 46.1 Å². The second-order valence-electron chi connectivity index (χ2n) is 11.7. The third kappa shape index (κ3) is 25.8. The highest BCUT2D eigenvalue weighted by Crippen LogP contribution is 2.15. The predicted octanol–water partition coefficient (Wildman–Crippen LogP) is 8.53. The van der Waals surface area contributed by atoms with Crippen LogP contribution in [0.4, 0.5) is 0 Å².